The zero-order valence-electron chi connectivity index (χ0n) is 17.4. The molecule has 1 saturated heterocycles. The number of pyridine rings is 2. The second-order valence-electron chi connectivity index (χ2n) is 7.75. The second kappa shape index (κ2) is 10.4. The van der Waals surface area contributed by atoms with Gasteiger partial charge in [0.25, 0.3) is 5.91 Å². The van der Waals surface area contributed by atoms with Crippen molar-refractivity contribution in [2.45, 2.75) is 12.3 Å². The summed E-state index contributed by atoms with van der Waals surface area (Å²) >= 11 is 18.3. The highest BCUT2D eigenvalue weighted by atomic mass is 35.5. The topological polar surface area (TPSA) is 79.1 Å². The molecule has 0 aliphatic carbocycles. The van der Waals surface area contributed by atoms with Gasteiger partial charge in [0, 0.05) is 37.5 Å². The Kier molecular flexibility index (Phi) is 7.34. The number of benzene rings is 1. The highest BCUT2D eigenvalue weighted by molar-refractivity contribution is 6.42. The summed E-state index contributed by atoms with van der Waals surface area (Å²) in [5.41, 5.74) is 1.74. The minimum Gasteiger partial charge on any atom is -0.478 e. The lowest BCUT2D eigenvalue weighted by atomic mass is 9.87. The molecule has 1 amide bonds. The van der Waals surface area contributed by atoms with Crippen molar-refractivity contribution in [1.29, 1.82) is 5.26 Å². The Balaban J connectivity index is 1.50. The van der Waals surface area contributed by atoms with Crippen molar-refractivity contribution in [3.05, 3.63) is 86.7 Å². The summed E-state index contributed by atoms with van der Waals surface area (Å²) in [5, 5.41) is 10.5. The molecular weight excluding hydrogens is 483 g/mol. The van der Waals surface area contributed by atoms with E-state index in [9.17, 15) is 4.79 Å². The normalized spacial score (nSPS) is 17.6. The van der Waals surface area contributed by atoms with Gasteiger partial charge in [0.15, 0.2) is 0 Å². The standard InChI is InChI=1S/C24H19Cl3N4O2/c25-18-3-6-23(30-12-18)33-8-7-17-13-31(24(32)16-1-4-19(10-28)29-11-16)14-20(17)15-2-5-21(26)22(27)9-15/h1-6,9,11-12,17,20H,7-8,13-14H2/t17-,20+/m0/s1. The summed E-state index contributed by atoms with van der Waals surface area (Å²) < 4.78 is 5.79. The van der Waals surface area contributed by atoms with Crippen molar-refractivity contribution in [1.82, 2.24) is 14.9 Å². The number of likely N-dealkylation sites (tertiary alicyclic amines) is 1. The van der Waals surface area contributed by atoms with Crippen LogP contribution >= 0.6 is 34.8 Å². The minimum absolute atomic E-state index is 0.0665. The number of hydrogen-bond acceptors (Lipinski definition) is 5. The van der Waals surface area contributed by atoms with Gasteiger partial charge in [0.2, 0.25) is 5.88 Å². The lowest BCUT2D eigenvalue weighted by molar-refractivity contribution is 0.0784. The molecule has 2 aromatic heterocycles. The molecule has 1 fully saturated rings. The maximum atomic E-state index is 13.1. The van der Waals surface area contributed by atoms with Crippen LogP contribution in [0.15, 0.2) is 54.9 Å². The molecule has 168 valence electrons. The van der Waals surface area contributed by atoms with Gasteiger partial charge >= 0.3 is 0 Å². The summed E-state index contributed by atoms with van der Waals surface area (Å²) in [6.45, 7) is 1.53. The molecule has 2 atom stereocenters. The molecular formula is C24H19Cl3N4O2. The van der Waals surface area contributed by atoms with Crippen molar-refractivity contribution in [2.24, 2.45) is 5.92 Å². The quantitative estimate of drug-likeness (QED) is 0.437. The van der Waals surface area contributed by atoms with Gasteiger partial charge in [-0.3, -0.25) is 4.79 Å². The van der Waals surface area contributed by atoms with E-state index in [0.717, 1.165) is 5.56 Å². The maximum absolute atomic E-state index is 13.1. The predicted molar refractivity (Wildman–Crippen MR) is 127 cm³/mol. The SMILES string of the molecule is N#Cc1ccc(C(=O)N2C[C@H](CCOc3ccc(Cl)cn3)[C@@H](c3ccc(Cl)c(Cl)c3)C2)cn1. The molecule has 33 heavy (non-hydrogen) atoms. The predicted octanol–water partition coefficient (Wildman–Crippen LogP) is 5.63. The lowest BCUT2D eigenvalue weighted by Gasteiger charge is -2.19. The molecule has 0 radical (unpaired) electrons. The second-order valence-corrected chi connectivity index (χ2v) is 9.00. The molecule has 0 spiro atoms. The first-order chi connectivity index (χ1) is 15.9. The van der Waals surface area contributed by atoms with E-state index >= 15 is 0 Å². The van der Waals surface area contributed by atoms with E-state index in [-0.39, 0.29) is 23.4 Å². The Morgan fingerprint density at radius 2 is 1.91 bits per heavy atom. The van der Waals surface area contributed by atoms with E-state index in [2.05, 4.69) is 9.97 Å². The molecule has 4 rings (SSSR count). The van der Waals surface area contributed by atoms with Crippen molar-refractivity contribution in [3.63, 3.8) is 0 Å². The summed E-state index contributed by atoms with van der Waals surface area (Å²) in [6.07, 6.45) is 3.69. The fraction of sp³-hybridized carbons (Fsp3) is 0.250. The molecule has 1 aliphatic rings. The summed E-state index contributed by atoms with van der Waals surface area (Å²) in [5.74, 6) is 0.585. The van der Waals surface area contributed by atoms with Crippen LogP contribution in [0, 0.1) is 17.2 Å². The van der Waals surface area contributed by atoms with Crippen LogP contribution in [0.4, 0.5) is 0 Å². The zero-order valence-corrected chi connectivity index (χ0v) is 19.7. The van der Waals surface area contributed by atoms with E-state index in [1.807, 2.05) is 18.2 Å². The summed E-state index contributed by atoms with van der Waals surface area (Å²) in [4.78, 5) is 23.1. The molecule has 0 saturated carbocycles. The van der Waals surface area contributed by atoms with E-state index in [4.69, 9.17) is 44.8 Å². The molecule has 0 bridgehead atoms. The Hall–Kier alpha value is -2.85. The van der Waals surface area contributed by atoms with E-state index in [1.54, 1.807) is 35.2 Å². The summed E-state index contributed by atoms with van der Waals surface area (Å²) in [7, 11) is 0. The van der Waals surface area contributed by atoms with Gasteiger partial charge in [0.05, 0.1) is 27.2 Å². The number of carbonyl (C=O) groups excluding carboxylic acids is 1. The average molecular weight is 502 g/mol. The number of carbonyl (C=O) groups is 1. The number of nitrogens with zero attached hydrogens (tertiary/aromatic N) is 4. The summed E-state index contributed by atoms with van der Waals surface area (Å²) in [6, 6.07) is 14.2. The fourth-order valence-electron chi connectivity index (χ4n) is 3.98. The van der Waals surface area contributed by atoms with E-state index < -0.39 is 0 Å². The smallest absolute Gasteiger partial charge is 0.255 e. The van der Waals surface area contributed by atoms with Crippen LogP contribution in [-0.4, -0.2) is 40.5 Å². The van der Waals surface area contributed by atoms with Gasteiger partial charge < -0.3 is 9.64 Å². The number of halogens is 3. The van der Waals surface area contributed by atoms with Crippen LogP contribution < -0.4 is 4.74 Å². The zero-order chi connectivity index (χ0) is 23.4. The number of ether oxygens (including phenoxy) is 1. The number of amides is 1. The number of aromatic nitrogens is 2. The number of hydrogen-bond donors (Lipinski definition) is 0. The van der Waals surface area contributed by atoms with Gasteiger partial charge in [-0.25, -0.2) is 9.97 Å². The van der Waals surface area contributed by atoms with Crippen LogP contribution in [0.3, 0.4) is 0 Å². The van der Waals surface area contributed by atoms with Crippen LogP contribution in [-0.2, 0) is 0 Å². The average Bonchev–Trinajstić information content (AvgIpc) is 3.26. The van der Waals surface area contributed by atoms with Crippen LogP contribution in [0.2, 0.25) is 15.1 Å². The van der Waals surface area contributed by atoms with Crippen molar-refractivity contribution < 1.29 is 9.53 Å². The molecule has 3 heterocycles. The molecule has 6 nitrogen and oxygen atoms in total. The number of nitriles is 1. The molecule has 9 heteroatoms. The Morgan fingerprint density at radius 1 is 1.06 bits per heavy atom. The number of rotatable bonds is 6. The van der Waals surface area contributed by atoms with Crippen LogP contribution in [0.25, 0.3) is 0 Å². The molecule has 0 N–H and O–H groups in total. The largest absolute Gasteiger partial charge is 0.478 e. The van der Waals surface area contributed by atoms with Gasteiger partial charge in [0.1, 0.15) is 11.8 Å². The van der Waals surface area contributed by atoms with E-state index in [1.165, 1.54) is 12.4 Å². The fourth-order valence-corrected chi connectivity index (χ4v) is 4.40. The maximum Gasteiger partial charge on any atom is 0.255 e. The van der Waals surface area contributed by atoms with Crippen molar-refractivity contribution >= 4 is 40.7 Å². The van der Waals surface area contributed by atoms with E-state index in [0.29, 0.717) is 52.6 Å². The van der Waals surface area contributed by atoms with Crippen molar-refractivity contribution in [3.8, 4) is 11.9 Å². The monoisotopic (exact) mass is 500 g/mol. The van der Waals surface area contributed by atoms with Gasteiger partial charge in [-0.15, -0.1) is 0 Å². The van der Waals surface area contributed by atoms with Crippen LogP contribution in [0.5, 0.6) is 5.88 Å². The molecule has 3 aromatic rings. The van der Waals surface area contributed by atoms with Crippen LogP contribution in [0.1, 0.15) is 34.0 Å². The first kappa shape index (κ1) is 23.3. The Morgan fingerprint density at radius 3 is 2.58 bits per heavy atom. The highest BCUT2D eigenvalue weighted by Gasteiger charge is 2.36. The Labute approximate surface area is 206 Å². The third-order valence-corrected chi connectivity index (χ3v) is 6.63. The van der Waals surface area contributed by atoms with Gasteiger partial charge in [-0.2, -0.15) is 5.26 Å². The molecule has 0 unspecified atom stereocenters. The minimum atomic E-state index is -0.125. The lowest BCUT2D eigenvalue weighted by Crippen LogP contribution is -2.29. The highest BCUT2D eigenvalue weighted by Crippen LogP contribution is 2.37. The Bertz CT molecular complexity index is 1180. The molecule has 1 aliphatic heterocycles. The van der Waals surface area contributed by atoms with Gasteiger partial charge in [-0.05, 0) is 48.2 Å². The first-order valence-corrected chi connectivity index (χ1v) is 11.4. The van der Waals surface area contributed by atoms with Gasteiger partial charge in [-0.1, -0.05) is 40.9 Å². The first-order valence-electron chi connectivity index (χ1n) is 10.3. The third kappa shape index (κ3) is 5.56. The van der Waals surface area contributed by atoms with Crippen molar-refractivity contribution in [2.75, 3.05) is 19.7 Å². The molecule has 1 aromatic carbocycles. The third-order valence-electron chi connectivity index (χ3n) is 5.66.